The summed E-state index contributed by atoms with van der Waals surface area (Å²) in [5, 5.41) is 0. The second-order valence-electron chi connectivity index (χ2n) is 4.08. The lowest BCUT2D eigenvalue weighted by molar-refractivity contribution is 0.00625. The Bertz CT molecular complexity index is 431. The summed E-state index contributed by atoms with van der Waals surface area (Å²) in [5.41, 5.74) is -0.679. The third-order valence-electron chi connectivity index (χ3n) is 1.43. The molecule has 0 unspecified atom stereocenters. The van der Waals surface area contributed by atoms with E-state index >= 15 is 0 Å². The number of aromatic nitrogens is 1. The predicted molar refractivity (Wildman–Crippen MR) is 59.9 cm³/mol. The molecule has 1 heterocycles. The Hall–Kier alpha value is -1.10. The fourth-order valence-electron chi connectivity index (χ4n) is 0.953. The van der Waals surface area contributed by atoms with Gasteiger partial charge in [-0.15, -0.1) is 0 Å². The van der Waals surface area contributed by atoms with Crippen molar-refractivity contribution in [2.24, 2.45) is 0 Å². The summed E-state index contributed by atoms with van der Waals surface area (Å²) in [6.07, 6.45) is 0. The van der Waals surface area contributed by atoms with Gasteiger partial charge in [0.15, 0.2) is 5.43 Å². The van der Waals surface area contributed by atoms with Crippen LogP contribution < -0.4 is 5.43 Å². The zero-order chi connectivity index (χ0) is 11.6. The highest BCUT2D eigenvalue weighted by atomic mass is 79.9. The second kappa shape index (κ2) is 4.18. The number of hydrogen-bond donors (Lipinski definition) is 1. The van der Waals surface area contributed by atoms with Gasteiger partial charge in [-0.2, -0.15) is 0 Å². The zero-order valence-corrected chi connectivity index (χ0v) is 10.3. The molecule has 1 rings (SSSR count). The number of nitrogens with one attached hydrogen (secondary N) is 1. The van der Waals surface area contributed by atoms with Gasteiger partial charge in [0.05, 0.1) is 4.60 Å². The van der Waals surface area contributed by atoms with Crippen molar-refractivity contribution < 1.29 is 9.53 Å². The molecule has 0 atom stereocenters. The van der Waals surface area contributed by atoms with Crippen LogP contribution in [0.4, 0.5) is 0 Å². The number of rotatable bonds is 1. The first-order chi connectivity index (χ1) is 6.78. The standard InChI is InChI=1S/C10H12BrNO3/c1-10(2,3)15-9(14)7-4-6(13)5-8(11)12-7/h4-5H,1-3H3,(H,12,13). The van der Waals surface area contributed by atoms with E-state index in [1.165, 1.54) is 12.1 Å². The first kappa shape index (κ1) is 12.0. The number of pyridine rings is 1. The van der Waals surface area contributed by atoms with Crippen LogP contribution in [0.3, 0.4) is 0 Å². The van der Waals surface area contributed by atoms with E-state index in [-0.39, 0.29) is 11.1 Å². The Morgan fingerprint density at radius 1 is 1.40 bits per heavy atom. The number of H-pyrrole nitrogens is 1. The van der Waals surface area contributed by atoms with E-state index in [9.17, 15) is 9.59 Å². The largest absolute Gasteiger partial charge is 0.455 e. The zero-order valence-electron chi connectivity index (χ0n) is 8.76. The van der Waals surface area contributed by atoms with Gasteiger partial charge in [-0.05, 0) is 36.7 Å². The number of ether oxygens (including phenoxy) is 1. The summed E-state index contributed by atoms with van der Waals surface area (Å²) in [4.78, 5) is 25.4. The number of carbonyl (C=O) groups is 1. The molecule has 1 aromatic heterocycles. The van der Waals surface area contributed by atoms with Gasteiger partial charge in [0.25, 0.3) is 0 Å². The van der Waals surface area contributed by atoms with Crippen molar-refractivity contribution in [3.8, 4) is 0 Å². The van der Waals surface area contributed by atoms with Gasteiger partial charge in [-0.25, -0.2) is 4.79 Å². The monoisotopic (exact) mass is 273 g/mol. The van der Waals surface area contributed by atoms with Crippen molar-refractivity contribution in [2.75, 3.05) is 0 Å². The summed E-state index contributed by atoms with van der Waals surface area (Å²) in [6, 6.07) is 2.55. The molecule has 0 aromatic carbocycles. The molecule has 0 aliphatic rings. The quantitative estimate of drug-likeness (QED) is 0.630. The molecule has 0 saturated heterocycles. The summed E-state index contributed by atoms with van der Waals surface area (Å²) in [7, 11) is 0. The van der Waals surface area contributed by atoms with Crippen LogP contribution in [-0.2, 0) is 4.74 Å². The van der Waals surface area contributed by atoms with Crippen molar-refractivity contribution in [1.29, 1.82) is 0 Å². The number of carbonyl (C=O) groups excluding carboxylic acids is 1. The van der Waals surface area contributed by atoms with Crippen molar-refractivity contribution in [3.63, 3.8) is 0 Å². The molecule has 0 saturated carbocycles. The molecule has 1 aromatic rings. The molecular formula is C10H12BrNO3. The molecule has 1 N–H and O–H groups in total. The van der Waals surface area contributed by atoms with Gasteiger partial charge in [0, 0.05) is 12.1 Å². The van der Waals surface area contributed by atoms with E-state index in [2.05, 4.69) is 20.9 Å². The highest BCUT2D eigenvalue weighted by Gasteiger charge is 2.18. The molecule has 0 aliphatic carbocycles. The van der Waals surface area contributed by atoms with Crippen molar-refractivity contribution >= 4 is 21.9 Å². The number of esters is 1. The SMILES string of the molecule is CC(C)(C)OC(=O)c1cc(=O)cc(Br)[nH]1. The second-order valence-corrected chi connectivity index (χ2v) is 4.93. The molecule has 0 fully saturated rings. The maximum absolute atomic E-state index is 11.6. The van der Waals surface area contributed by atoms with Gasteiger partial charge in [-0.1, -0.05) is 0 Å². The van der Waals surface area contributed by atoms with Gasteiger partial charge in [0.1, 0.15) is 11.3 Å². The fourth-order valence-corrected chi connectivity index (χ4v) is 1.39. The normalized spacial score (nSPS) is 11.2. The summed E-state index contributed by atoms with van der Waals surface area (Å²) in [5.74, 6) is -0.541. The minimum atomic E-state index is -0.573. The first-order valence-electron chi connectivity index (χ1n) is 4.41. The van der Waals surface area contributed by atoms with Crippen LogP contribution in [-0.4, -0.2) is 16.6 Å². The lowest BCUT2D eigenvalue weighted by Gasteiger charge is -2.19. The van der Waals surface area contributed by atoms with Crippen LogP contribution in [0.5, 0.6) is 0 Å². The predicted octanol–water partition coefficient (Wildman–Crippen LogP) is 2.09. The van der Waals surface area contributed by atoms with Crippen molar-refractivity contribution in [2.45, 2.75) is 26.4 Å². The molecule has 4 nitrogen and oxygen atoms in total. The van der Waals surface area contributed by atoms with Gasteiger partial charge >= 0.3 is 5.97 Å². The summed E-state index contributed by atoms with van der Waals surface area (Å²) in [6.45, 7) is 5.29. The van der Waals surface area contributed by atoms with E-state index in [1.807, 2.05) is 0 Å². The fraction of sp³-hybridized carbons (Fsp3) is 0.400. The topological polar surface area (TPSA) is 59.2 Å². The molecule has 5 heteroatoms. The van der Waals surface area contributed by atoms with E-state index in [0.29, 0.717) is 4.60 Å². The minimum Gasteiger partial charge on any atom is -0.455 e. The molecule has 82 valence electrons. The Labute approximate surface area is 95.8 Å². The molecular weight excluding hydrogens is 262 g/mol. The van der Waals surface area contributed by atoms with E-state index in [4.69, 9.17) is 4.74 Å². The Balaban J connectivity index is 2.97. The molecule has 0 amide bonds. The number of aromatic amines is 1. The first-order valence-corrected chi connectivity index (χ1v) is 5.20. The molecule has 0 radical (unpaired) electrons. The van der Waals surface area contributed by atoms with Crippen LogP contribution >= 0.6 is 15.9 Å². The molecule has 0 bridgehead atoms. The highest BCUT2D eigenvalue weighted by molar-refractivity contribution is 9.10. The highest BCUT2D eigenvalue weighted by Crippen LogP contribution is 2.11. The average molecular weight is 274 g/mol. The van der Waals surface area contributed by atoms with Gasteiger partial charge in [-0.3, -0.25) is 4.79 Å². The van der Waals surface area contributed by atoms with Crippen molar-refractivity contribution in [3.05, 3.63) is 32.7 Å². The van der Waals surface area contributed by atoms with E-state index in [1.54, 1.807) is 20.8 Å². The lowest BCUT2D eigenvalue weighted by atomic mass is 10.2. The van der Waals surface area contributed by atoms with Crippen LogP contribution in [0.15, 0.2) is 21.5 Å². The third kappa shape index (κ3) is 3.87. The van der Waals surface area contributed by atoms with Gasteiger partial charge in [0.2, 0.25) is 0 Å². The summed E-state index contributed by atoms with van der Waals surface area (Å²) < 4.78 is 5.56. The molecule has 15 heavy (non-hydrogen) atoms. The number of hydrogen-bond acceptors (Lipinski definition) is 3. The van der Waals surface area contributed by atoms with Crippen LogP contribution in [0.1, 0.15) is 31.3 Å². The summed E-state index contributed by atoms with van der Waals surface area (Å²) >= 11 is 3.10. The maximum Gasteiger partial charge on any atom is 0.355 e. The third-order valence-corrected chi connectivity index (χ3v) is 1.86. The Kier molecular flexibility index (Phi) is 3.34. The van der Waals surface area contributed by atoms with Crippen LogP contribution in [0.25, 0.3) is 0 Å². The van der Waals surface area contributed by atoms with Crippen LogP contribution in [0.2, 0.25) is 0 Å². The number of halogens is 1. The van der Waals surface area contributed by atoms with Crippen LogP contribution in [0, 0.1) is 0 Å². The van der Waals surface area contributed by atoms with E-state index in [0.717, 1.165) is 0 Å². The minimum absolute atomic E-state index is 0.143. The lowest BCUT2D eigenvalue weighted by Crippen LogP contribution is -2.25. The Morgan fingerprint density at radius 3 is 2.47 bits per heavy atom. The van der Waals surface area contributed by atoms with Gasteiger partial charge < -0.3 is 9.72 Å². The van der Waals surface area contributed by atoms with Crippen molar-refractivity contribution in [1.82, 2.24) is 4.98 Å². The average Bonchev–Trinajstić information content (AvgIpc) is 1.98. The smallest absolute Gasteiger partial charge is 0.355 e. The molecule has 0 aliphatic heterocycles. The van der Waals surface area contributed by atoms with E-state index < -0.39 is 11.6 Å². The molecule has 0 spiro atoms. The maximum atomic E-state index is 11.6. The Morgan fingerprint density at radius 2 is 2.00 bits per heavy atom.